The Morgan fingerprint density at radius 3 is 2.07 bits per heavy atom. The molecule has 0 spiro atoms. The Morgan fingerprint density at radius 1 is 1.04 bits per heavy atom. The van der Waals surface area contributed by atoms with Crippen LogP contribution in [0.25, 0.3) is 0 Å². The third-order valence-corrected chi connectivity index (χ3v) is 4.59. The molecule has 4 amide bonds. The van der Waals surface area contributed by atoms with Crippen molar-refractivity contribution in [2.45, 2.75) is 43.9 Å². The van der Waals surface area contributed by atoms with E-state index in [0.717, 1.165) is 0 Å². The summed E-state index contributed by atoms with van der Waals surface area (Å²) in [5.74, 6) is -3.67. The smallest absolute Gasteiger partial charge is 0.326 e. The summed E-state index contributed by atoms with van der Waals surface area (Å²) >= 11 is 5.39. The van der Waals surface area contributed by atoms with Gasteiger partial charge in [-0.2, -0.15) is 24.4 Å². The number of thioether (sulfide) groups is 1. The SMILES string of the molecule is CSCCC(NC(=O)C(N)CS)C(=O)NC(C)C(=O)NC(CC(N)=O)C(=O)O. The molecule has 0 aromatic carbocycles. The number of carbonyl (C=O) groups excluding carboxylic acids is 4. The number of rotatable bonds is 13. The number of amides is 4. The van der Waals surface area contributed by atoms with E-state index in [1.165, 1.54) is 18.7 Å². The first-order valence-electron chi connectivity index (χ1n) is 8.31. The van der Waals surface area contributed by atoms with Gasteiger partial charge in [-0.05, 0) is 25.4 Å². The maximum absolute atomic E-state index is 12.4. The van der Waals surface area contributed by atoms with Crippen molar-refractivity contribution in [1.82, 2.24) is 16.0 Å². The number of thiol groups is 1. The molecule has 13 heteroatoms. The summed E-state index contributed by atoms with van der Waals surface area (Å²) in [6, 6.07) is -4.44. The fraction of sp³-hybridized carbons (Fsp3) is 0.667. The van der Waals surface area contributed by atoms with Gasteiger partial charge in [0.05, 0.1) is 12.5 Å². The highest BCUT2D eigenvalue weighted by atomic mass is 32.2. The highest BCUT2D eigenvalue weighted by molar-refractivity contribution is 7.98. The molecule has 4 unspecified atom stereocenters. The van der Waals surface area contributed by atoms with Crippen molar-refractivity contribution in [3.63, 3.8) is 0 Å². The van der Waals surface area contributed by atoms with E-state index in [1.807, 2.05) is 6.26 Å². The van der Waals surface area contributed by atoms with Crippen LogP contribution in [0.15, 0.2) is 0 Å². The van der Waals surface area contributed by atoms with Gasteiger partial charge in [-0.1, -0.05) is 0 Å². The summed E-state index contributed by atoms with van der Waals surface area (Å²) in [6.07, 6.45) is 1.54. The standard InChI is InChI=1S/C15H27N5O6S2/c1-7(12(22)20-10(15(25)26)5-11(17)21)18-14(24)9(3-4-28-2)19-13(23)8(16)6-27/h7-10,27H,3-6,16H2,1-2H3,(H2,17,21)(H,18,24)(H,19,23)(H,20,22)(H,25,26). The number of nitrogens with one attached hydrogen (secondary N) is 3. The molecule has 4 atom stereocenters. The lowest BCUT2D eigenvalue weighted by Crippen LogP contribution is -2.56. The molecule has 0 aliphatic heterocycles. The second-order valence-corrected chi connectivity index (χ2v) is 7.28. The minimum Gasteiger partial charge on any atom is -0.480 e. The van der Waals surface area contributed by atoms with Gasteiger partial charge >= 0.3 is 5.97 Å². The number of nitrogens with two attached hydrogens (primary N) is 2. The normalized spacial score (nSPS) is 14.9. The van der Waals surface area contributed by atoms with Crippen molar-refractivity contribution in [3.05, 3.63) is 0 Å². The summed E-state index contributed by atoms with van der Waals surface area (Å²) in [4.78, 5) is 58.5. The van der Waals surface area contributed by atoms with Gasteiger partial charge in [-0.25, -0.2) is 4.79 Å². The van der Waals surface area contributed by atoms with Gasteiger partial charge < -0.3 is 32.5 Å². The Morgan fingerprint density at radius 2 is 1.61 bits per heavy atom. The molecule has 0 saturated heterocycles. The number of hydrogen-bond acceptors (Lipinski definition) is 8. The Kier molecular flexibility index (Phi) is 12.3. The summed E-state index contributed by atoms with van der Waals surface area (Å²) in [6.45, 7) is 1.34. The van der Waals surface area contributed by atoms with Crippen LogP contribution < -0.4 is 27.4 Å². The maximum atomic E-state index is 12.4. The van der Waals surface area contributed by atoms with Crippen LogP contribution in [-0.2, 0) is 24.0 Å². The fourth-order valence-electron chi connectivity index (χ4n) is 1.94. The van der Waals surface area contributed by atoms with Gasteiger partial charge in [0.15, 0.2) is 0 Å². The molecule has 0 aliphatic rings. The van der Waals surface area contributed by atoms with Crippen molar-refractivity contribution in [2.24, 2.45) is 11.5 Å². The third kappa shape index (κ3) is 9.80. The number of hydrogen-bond donors (Lipinski definition) is 7. The first-order chi connectivity index (χ1) is 13.0. The second kappa shape index (κ2) is 13.2. The Balaban J connectivity index is 4.97. The lowest BCUT2D eigenvalue weighted by molar-refractivity contribution is -0.143. The van der Waals surface area contributed by atoms with E-state index in [-0.39, 0.29) is 5.75 Å². The van der Waals surface area contributed by atoms with E-state index in [9.17, 15) is 24.0 Å². The van der Waals surface area contributed by atoms with Crippen molar-refractivity contribution >= 4 is 54.0 Å². The third-order valence-electron chi connectivity index (χ3n) is 3.55. The average Bonchev–Trinajstić information content (AvgIpc) is 2.62. The molecule has 28 heavy (non-hydrogen) atoms. The minimum atomic E-state index is -1.51. The van der Waals surface area contributed by atoms with E-state index in [4.69, 9.17) is 16.6 Å². The van der Waals surface area contributed by atoms with Crippen LogP contribution in [-0.4, -0.2) is 76.6 Å². The fourth-order valence-corrected chi connectivity index (χ4v) is 2.58. The topological polar surface area (TPSA) is 194 Å². The molecule has 0 fully saturated rings. The van der Waals surface area contributed by atoms with E-state index in [1.54, 1.807) is 0 Å². The molecule has 0 bridgehead atoms. The Hall–Kier alpha value is -1.99. The van der Waals surface area contributed by atoms with Crippen LogP contribution in [0.5, 0.6) is 0 Å². The van der Waals surface area contributed by atoms with Crippen molar-refractivity contribution < 1.29 is 29.1 Å². The van der Waals surface area contributed by atoms with Crippen LogP contribution in [0.3, 0.4) is 0 Å². The molecule has 8 N–H and O–H groups in total. The van der Waals surface area contributed by atoms with Crippen LogP contribution in [0.4, 0.5) is 0 Å². The van der Waals surface area contributed by atoms with Gasteiger partial charge in [-0.15, -0.1) is 0 Å². The zero-order chi connectivity index (χ0) is 21.9. The van der Waals surface area contributed by atoms with Crippen molar-refractivity contribution in [1.29, 1.82) is 0 Å². The largest absolute Gasteiger partial charge is 0.480 e. The molecule has 0 radical (unpaired) electrons. The van der Waals surface area contributed by atoms with Crippen LogP contribution >= 0.6 is 24.4 Å². The maximum Gasteiger partial charge on any atom is 0.326 e. The van der Waals surface area contributed by atoms with Gasteiger partial charge in [0.1, 0.15) is 18.1 Å². The number of carboxylic acids is 1. The average molecular weight is 438 g/mol. The van der Waals surface area contributed by atoms with Gasteiger partial charge in [0, 0.05) is 5.75 Å². The van der Waals surface area contributed by atoms with E-state index in [0.29, 0.717) is 12.2 Å². The minimum absolute atomic E-state index is 0.0952. The van der Waals surface area contributed by atoms with Gasteiger partial charge in [0.2, 0.25) is 23.6 Å². The summed E-state index contributed by atoms with van der Waals surface area (Å²) < 4.78 is 0. The predicted molar refractivity (Wildman–Crippen MR) is 108 cm³/mol. The van der Waals surface area contributed by atoms with E-state index < -0.39 is 60.2 Å². The quantitative estimate of drug-likeness (QED) is 0.153. The highest BCUT2D eigenvalue weighted by Crippen LogP contribution is 2.03. The first kappa shape index (κ1) is 26.0. The number of carboxylic acid groups (broad SMARTS) is 1. The molecule has 0 aliphatic carbocycles. The monoisotopic (exact) mass is 437 g/mol. The zero-order valence-electron chi connectivity index (χ0n) is 15.6. The van der Waals surface area contributed by atoms with E-state index >= 15 is 0 Å². The molecule has 0 rings (SSSR count). The number of aliphatic carboxylic acids is 1. The lowest BCUT2D eigenvalue weighted by Gasteiger charge is -2.23. The van der Waals surface area contributed by atoms with Crippen molar-refractivity contribution in [3.8, 4) is 0 Å². The Bertz CT molecular complexity index is 591. The molecular weight excluding hydrogens is 410 g/mol. The molecule has 11 nitrogen and oxygen atoms in total. The number of carbonyl (C=O) groups is 5. The summed E-state index contributed by atoms with van der Waals surface area (Å²) in [5.41, 5.74) is 10.5. The van der Waals surface area contributed by atoms with E-state index in [2.05, 4.69) is 28.6 Å². The predicted octanol–water partition coefficient (Wildman–Crippen LogP) is -2.57. The molecule has 160 valence electrons. The first-order valence-corrected chi connectivity index (χ1v) is 10.3. The van der Waals surface area contributed by atoms with Crippen LogP contribution in [0, 0.1) is 0 Å². The summed E-state index contributed by atoms with van der Waals surface area (Å²) in [7, 11) is 0. The molecule has 0 aromatic heterocycles. The highest BCUT2D eigenvalue weighted by Gasteiger charge is 2.28. The molecule has 0 aromatic rings. The number of primary amides is 1. The molecule has 0 heterocycles. The summed E-state index contributed by atoms with van der Waals surface area (Å²) in [5, 5.41) is 16.1. The second-order valence-electron chi connectivity index (χ2n) is 5.93. The van der Waals surface area contributed by atoms with Gasteiger partial charge in [-0.3, -0.25) is 19.2 Å². The molecular formula is C15H27N5O6S2. The lowest BCUT2D eigenvalue weighted by atomic mass is 10.1. The van der Waals surface area contributed by atoms with Crippen LogP contribution in [0.1, 0.15) is 19.8 Å². The molecule has 0 saturated carbocycles. The zero-order valence-corrected chi connectivity index (χ0v) is 17.3. The van der Waals surface area contributed by atoms with Crippen LogP contribution in [0.2, 0.25) is 0 Å². The van der Waals surface area contributed by atoms with Gasteiger partial charge in [0.25, 0.3) is 0 Å². The van der Waals surface area contributed by atoms with Crippen molar-refractivity contribution in [2.75, 3.05) is 17.8 Å². The Labute approximate surface area is 172 Å².